The summed E-state index contributed by atoms with van der Waals surface area (Å²) in [5, 5.41) is 0. The molecule has 0 aliphatic heterocycles. The van der Waals surface area contributed by atoms with Gasteiger partial charge in [0.25, 0.3) is 0 Å². The van der Waals surface area contributed by atoms with Gasteiger partial charge in [0.15, 0.2) is 0 Å². The van der Waals surface area contributed by atoms with Gasteiger partial charge in [0.1, 0.15) is 0 Å². The lowest BCUT2D eigenvalue weighted by molar-refractivity contribution is 1.18. The van der Waals surface area contributed by atoms with E-state index in [1.165, 1.54) is 0 Å². The van der Waals surface area contributed by atoms with E-state index in [-0.39, 0.29) is 0 Å². The normalized spacial score (nSPS) is 11.7. The largest absolute Gasteiger partial charge is 0.311 e. The van der Waals surface area contributed by atoms with Crippen molar-refractivity contribution in [3.8, 4) is 0 Å². The number of allylic oxidation sites excluding steroid dienone is 5. The van der Waals surface area contributed by atoms with Crippen LogP contribution >= 0.6 is 0 Å². The van der Waals surface area contributed by atoms with E-state index >= 15 is 0 Å². The summed E-state index contributed by atoms with van der Waals surface area (Å²) in [6, 6.07) is 119. The van der Waals surface area contributed by atoms with Gasteiger partial charge in [0.05, 0.1) is 17.1 Å². The summed E-state index contributed by atoms with van der Waals surface area (Å²) < 4.78 is 0. The Morgan fingerprint density at radius 2 is 0.365 bits per heavy atom. The summed E-state index contributed by atoms with van der Waals surface area (Å²) in [7, 11) is 0. The van der Waals surface area contributed by atoms with Crippen LogP contribution in [0.1, 0.15) is 6.42 Å². The van der Waals surface area contributed by atoms with Crippen LogP contribution in [0.5, 0.6) is 0 Å². The standard InChI is InChI=1S/C79H62N6/c1-2-12-30-62(29-11-1)80(63-31-13-3-14-32-63)71-47-53-74(54-48-71)83(68-41-23-8-24-42-68)77-59-78(84(69-43-25-9-26-44-69)75-55-49-72(50-56-75)81(64-33-15-4-16-34-64)65-35-17-5-18-36-65)61-79(60-77)85(70-45-27-10-28-46-70)76-57-51-73(52-58-76)82(66-37-19-6-20-38-66)67-39-21-7-22-40-67/h1-11,13-61H,12H2. The summed E-state index contributed by atoms with van der Waals surface area (Å²) in [5.41, 5.74) is 18.7. The van der Waals surface area contributed by atoms with E-state index < -0.39 is 0 Å². The molecule has 0 N–H and O–H groups in total. The van der Waals surface area contributed by atoms with Crippen LogP contribution in [-0.4, -0.2) is 0 Å². The molecule has 0 spiro atoms. The second-order valence-corrected chi connectivity index (χ2v) is 20.6. The highest BCUT2D eigenvalue weighted by molar-refractivity contribution is 5.91. The van der Waals surface area contributed by atoms with Crippen molar-refractivity contribution in [1.82, 2.24) is 0 Å². The minimum atomic E-state index is 0.845. The van der Waals surface area contributed by atoms with Gasteiger partial charge in [-0.05, 0) is 201 Å². The molecule has 6 nitrogen and oxygen atoms in total. The molecule has 1 aliphatic carbocycles. The van der Waals surface area contributed by atoms with Crippen LogP contribution in [0.3, 0.4) is 0 Å². The zero-order valence-corrected chi connectivity index (χ0v) is 47.0. The zero-order chi connectivity index (χ0) is 57.0. The van der Waals surface area contributed by atoms with Crippen molar-refractivity contribution < 1.29 is 0 Å². The molecule has 12 aromatic carbocycles. The van der Waals surface area contributed by atoms with E-state index in [1.807, 2.05) is 0 Å². The van der Waals surface area contributed by atoms with E-state index in [2.05, 4.69) is 393 Å². The number of rotatable bonds is 18. The van der Waals surface area contributed by atoms with Gasteiger partial charge >= 0.3 is 0 Å². The van der Waals surface area contributed by atoms with Gasteiger partial charge < -0.3 is 29.4 Å². The molecule has 12 aromatic rings. The molecule has 0 amide bonds. The van der Waals surface area contributed by atoms with Gasteiger partial charge in [0.2, 0.25) is 0 Å². The first kappa shape index (κ1) is 53.0. The predicted octanol–water partition coefficient (Wildman–Crippen LogP) is 22.6. The van der Waals surface area contributed by atoms with Gasteiger partial charge in [-0.2, -0.15) is 0 Å². The van der Waals surface area contributed by atoms with Gasteiger partial charge in [-0.25, -0.2) is 0 Å². The van der Waals surface area contributed by atoms with Crippen molar-refractivity contribution in [2.45, 2.75) is 6.42 Å². The lowest BCUT2D eigenvalue weighted by atomic mass is 10.1. The molecular weight excluding hydrogens is 1030 g/mol. The van der Waals surface area contributed by atoms with Gasteiger partial charge in [-0.3, -0.25) is 0 Å². The summed E-state index contributed by atoms with van der Waals surface area (Å²) in [4.78, 5) is 14.1. The first-order valence-corrected chi connectivity index (χ1v) is 28.9. The molecular formula is C79H62N6. The maximum atomic E-state index is 2.38. The molecule has 0 unspecified atom stereocenters. The Kier molecular flexibility index (Phi) is 15.7. The highest BCUT2D eigenvalue weighted by Gasteiger charge is 2.24. The minimum absolute atomic E-state index is 0.845. The number of hydrogen-bond donors (Lipinski definition) is 0. The van der Waals surface area contributed by atoms with Crippen LogP contribution in [0.2, 0.25) is 0 Å². The first-order valence-electron chi connectivity index (χ1n) is 28.9. The van der Waals surface area contributed by atoms with Crippen molar-refractivity contribution in [1.29, 1.82) is 0 Å². The molecule has 6 heteroatoms. The van der Waals surface area contributed by atoms with Crippen LogP contribution in [-0.2, 0) is 0 Å². The third-order valence-electron chi connectivity index (χ3n) is 15.1. The molecule has 85 heavy (non-hydrogen) atoms. The molecule has 0 aromatic heterocycles. The van der Waals surface area contributed by atoms with Crippen LogP contribution < -0.4 is 29.4 Å². The quantitative estimate of drug-likeness (QED) is 0.0847. The molecule has 0 radical (unpaired) electrons. The molecule has 0 bridgehead atoms. The van der Waals surface area contributed by atoms with Gasteiger partial charge in [-0.15, -0.1) is 0 Å². The minimum Gasteiger partial charge on any atom is -0.311 e. The Balaban J connectivity index is 1.000. The summed E-state index contributed by atoms with van der Waals surface area (Å²) in [6.07, 6.45) is 11.8. The fourth-order valence-electron chi connectivity index (χ4n) is 11.3. The smallest absolute Gasteiger partial charge is 0.0503 e. The van der Waals surface area contributed by atoms with Crippen molar-refractivity contribution in [2.24, 2.45) is 0 Å². The van der Waals surface area contributed by atoms with Crippen LogP contribution in [0.4, 0.5) is 96.7 Å². The molecule has 0 saturated carbocycles. The number of anilines is 17. The Morgan fingerprint density at radius 1 is 0.176 bits per heavy atom. The summed E-state index contributed by atoms with van der Waals surface area (Å²) in [5.74, 6) is 0. The SMILES string of the molecule is C1=CCC=C(N(c2ccccc2)c2ccc(N(c3ccccc3)c3cc(N(c4ccccc4)c4ccc(N(c5ccccc5)c5ccccc5)cc4)cc(N(c4ccccc4)c4ccc(N(c5ccccc5)c5ccccc5)cc4)c3)cc2)C=C1. The number of hydrogen-bond acceptors (Lipinski definition) is 6. The van der Waals surface area contributed by atoms with E-state index in [4.69, 9.17) is 0 Å². The van der Waals surface area contributed by atoms with E-state index in [0.29, 0.717) is 0 Å². The van der Waals surface area contributed by atoms with Gasteiger partial charge in [-0.1, -0.05) is 170 Å². The van der Waals surface area contributed by atoms with Crippen molar-refractivity contribution >= 4 is 96.7 Å². The fourth-order valence-corrected chi connectivity index (χ4v) is 11.3. The highest BCUT2D eigenvalue weighted by Crippen LogP contribution is 2.48. The van der Waals surface area contributed by atoms with Crippen LogP contribution in [0.25, 0.3) is 0 Å². The molecule has 0 heterocycles. The maximum absolute atomic E-state index is 2.38. The highest BCUT2D eigenvalue weighted by atomic mass is 15.2. The van der Waals surface area contributed by atoms with E-state index in [9.17, 15) is 0 Å². The monoisotopic (exact) mass is 1090 g/mol. The Labute approximate surface area is 499 Å². The lowest BCUT2D eigenvalue weighted by Gasteiger charge is -2.33. The first-order chi connectivity index (χ1) is 42.2. The zero-order valence-electron chi connectivity index (χ0n) is 47.0. The lowest BCUT2D eigenvalue weighted by Crippen LogP contribution is -2.17. The second-order valence-electron chi connectivity index (χ2n) is 20.6. The molecule has 408 valence electrons. The van der Waals surface area contributed by atoms with Crippen LogP contribution in [0.15, 0.2) is 370 Å². The summed E-state index contributed by atoms with van der Waals surface area (Å²) in [6.45, 7) is 0. The Bertz CT molecular complexity index is 3900. The topological polar surface area (TPSA) is 19.4 Å². The molecule has 0 saturated heterocycles. The third-order valence-corrected chi connectivity index (χ3v) is 15.1. The number of benzene rings is 12. The van der Waals surface area contributed by atoms with E-state index in [1.54, 1.807) is 0 Å². The Morgan fingerprint density at radius 3 is 0.600 bits per heavy atom. The van der Waals surface area contributed by atoms with Crippen molar-refractivity contribution in [3.63, 3.8) is 0 Å². The average molecular weight is 1100 g/mol. The van der Waals surface area contributed by atoms with Crippen molar-refractivity contribution in [2.75, 3.05) is 29.4 Å². The van der Waals surface area contributed by atoms with E-state index in [0.717, 1.165) is 109 Å². The molecule has 13 rings (SSSR count). The van der Waals surface area contributed by atoms with Crippen LogP contribution in [0, 0.1) is 0 Å². The number of para-hydroxylation sites is 8. The Hall–Kier alpha value is -11.3. The molecule has 0 atom stereocenters. The average Bonchev–Trinajstić information content (AvgIpc) is 3.96. The molecule has 1 aliphatic rings. The number of nitrogens with zero attached hydrogens (tertiary/aromatic N) is 6. The second kappa shape index (κ2) is 25.2. The predicted molar refractivity (Wildman–Crippen MR) is 359 cm³/mol. The van der Waals surface area contributed by atoms with Crippen molar-refractivity contribution in [3.05, 3.63) is 370 Å². The summed E-state index contributed by atoms with van der Waals surface area (Å²) >= 11 is 0. The molecule has 0 fully saturated rings. The maximum Gasteiger partial charge on any atom is 0.0503 e. The fraction of sp³-hybridized carbons (Fsp3) is 0.0127. The third kappa shape index (κ3) is 11.8. The van der Waals surface area contributed by atoms with Gasteiger partial charge in [0, 0.05) is 85.3 Å².